The molecule has 2 rings (SSSR count). The predicted molar refractivity (Wildman–Crippen MR) is 75.7 cm³/mol. The van der Waals surface area contributed by atoms with E-state index in [0.717, 1.165) is 0 Å². The average Bonchev–Trinajstić information content (AvgIpc) is 2.37. The molecule has 114 valence electrons. The zero-order valence-corrected chi connectivity index (χ0v) is 11.8. The number of nitrogens with two attached hydrogens (primary N) is 1. The fourth-order valence-electron chi connectivity index (χ4n) is 2.07. The molecule has 1 saturated heterocycles. The summed E-state index contributed by atoms with van der Waals surface area (Å²) in [5, 5.41) is 6.99. The zero-order valence-electron chi connectivity index (χ0n) is 11.8. The number of nitrogens with zero attached hydrogens (tertiary/aromatic N) is 1. The number of methoxy groups -OCH3 is 1. The molecular weight excluding hydrogens is 277 g/mol. The van der Waals surface area contributed by atoms with Gasteiger partial charge in [0.1, 0.15) is 18.9 Å². The van der Waals surface area contributed by atoms with E-state index in [1.165, 1.54) is 0 Å². The molecule has 1 fully saturated rings. The Bertz CT molecular complexity index is 544. The minimum atomic E-state index is -0.643. The van der Waals surface area contributed by atoms with Crippen LogP contribution < -0.4 is 10.6 Å². The lowest BCUT2D eigenvalue weighted by molar-refractivity contribution is -0.143. The molecule has 0 saturated carbocycles. The van der Waals surface area contributed by atoms with Crippen molar-refractivity contribution in [3.63, 3.8) is 0 Å². The summed E-state index contributed by atoms with van der Waals surface area (Å²) < 4.78 is 24.4. The highest BCUT2D eigenvalue weighted by molar-refractivity contribution is 5.94. The van der Waals surface area contributed by atoms with Crippen LogP contribution in [0.5, 0.6) is 0 Å². The maximum atomic E-state index is 14.3. The number of benzene rings is 1. The van der Waals surface area contributed by atoms with Gasteiger partial charge in [0.2, 0.25) is 0 Å². The third-order valence-electron chi connectivity index (χ3n) is 3.30. The lowest BCUT2D eigenvalue weighted by Crippen LogP contribution is -2.52. The van der Waals surface area contributed by atoms with E-state index < -0.39 is 11.8 Å². The van der Waals surface area contributed by atoms with Crippen LogP contribution in [-0.2, 0) is 20.9 Å². The predicted octanol–water partition coefficient (Wildman–Crippen LogP) is 1.03. The van der Waals surface area contributed by atoms with Crippen LogP contribution in [0.15, 0.2) is 18.2 Å². The Morgan fingerprint density at radius 2 is 2.24 bits per heavy atom. The number of halogens is 1. The Kier molecular flexibility index (Phi) is 4.74. The van der Waals surface area contributed by atoms with Gasteiger partial charge in [-0.15, -0.1) is 0 Å². The van der Waals surface area contributed by atoms with Gasteiger partial charge < -0.3 is 20.1 Å². The number of rotatable bonds is 6. The van der Waals surface area contributed by atoms with Gasteiger partial charge in [0.15, 0.2) is 5.82 Å². The fourth-order valence-corrected chi connectivity index (χ4v) is 2.07. The van der Waals surface area contributed by atoms with Crippen molar-refractivity contribution < 1.29 is 18.7 Å². The monoisotopic (exact) mass is 295 g/mol. The number of anilines is 1. The average molecular weight is 295 g/mol. The molecule has 0 unspecified atom stereocenters. The zero-order chi connectivity index (χ0) is 15.4. The minimum Gasteiger partial charge on any atom is -0.460 e. The highest BCUT2D eigenvalue weighted by atomic mass is 19.1. The molecule has 0 amide bonds. The first-order valence-corrected chi connectivity index (χ1v) is 6.55. The van der Waals surface area contributed by atoms with Gasteiger partial charge in [0.25, 0.3) is 0 Å². The van der Waals surface area contributed by atoms with Crippen LogP contribution in [-0.4, -0.2) is 38.1 Å². The van der Waals surface area contributed by atoms with Crippen molar-refractivity contribution in [1.82, 2.24) is 0 Å². The quantitative estimate of drug-likeness (QED) is 0.465. The number of ether oxygens (including phenoxy) is 2. The van der Waals surface area contributed by atoms with Gasteiger partial charge in [0, 0.05) is 25.8 Å². The van der Waals surface area contributed by atoms with Gasteiger partial charge in [-0.3, -0.25) is 10.2 Å². The van der Waals surface area contributed by atoms with Gasteiger partial charge in [0.05, 0.1) is 11.8 Å². The number of hydrogen-bond acceptors (Lipinski definition) is 5. The minimum absolute atomic E-state index is 0.126. The van der Waals surface area contributed by atoms with Crippen molar-refractivity contribution in [2.45, 2.75) is 19.1 Å². The number of esters is 1. The molecule has 1 aromatic carbocycles. The Morgan fingerprint density at radius 1 is 1.52 bits per heavy atom. The van der Waals surface area contributed by atoms with Crippen LogP contribution in [0.3, 0.4) is 0 Å². The Labute approximate surface area is 122 Å². The van der Waals surface area contributed by atoms with Crippen LogP contribution in [0.4, 0.5) is 10.1 Å². The third kappa shape index (κ3) is 3.69. The molecule has 0 atom stereocenters. The molecule has 0 aliphatic carbocycles. The van der Waals surface area contributed by atoms with Crippen LogP contribution in [0.2, 0.25) is 0 Å². The maximum Gasteiger partial charge on any atom is 0.313 e. The van der Waals surface area contributed by atoms with E-state index in [0.29, 0.717) is 24.3 Å². The normalized spacial score (nSPS) is 14.7. The van der Waals surface area contributed by atoms with Gasteiger partial charge >= 0.3 is 5.97 Å². The largest absolute Gasteiger partial charge is 0.460 e. The van der Waals surface area contributed by atoms with Gasteiger partial charge in [-0.1, -0.05) is 12.1 Å². The topological polar surface area (TPSA) is 88.6 Å². The molecular formula is C14H18FN3O3. The molecule has 1 aliphatic rings. The molecule has 0 bridgehead atoms. The standard InChI is InChI=1S/C14H18FN3O3/c1-20-10-6-18(7-10)11-4-2-3-9(14(11)15)8-21-13(19)5-12(16)17/h2-4,10H,5-8H2,1H3,(H3,16,17). The molecule has 1 heterocycles. The molecule has 21 heavy (non-hydrogen) atoms. The van der Waals surface area contributed by atoms with Crippen molar-refractivity contribution >= 4 is 17.5 Å². The second-order valence-electron chi connectivity index (χ2n) is 4.88. The molecule has 7 heteroatoms. The van der Waals surface area contributed by atoms with Crippen molar-refractivity contribution in [3.05, 3.63) is 29.6 Å². The van der Waals surface area contributed by atoms with E-state index in [1.54, 1.807) is 25.3 Å². The summed E-state index contributed by atoms with van der Waals surface area (Å²) in [4.78, 5) is 13.2. The van der Waals surface area contributed by atoms with Crippen molar-refractivity contribution in [2.75, 3.05) is 25.1 Å². The van der Waals surface area contributed by atoms with E-state index >= 15 is 0 Å². The van der Waals surface area contributed by atoms with Crippen molar-refractivity contribution in [2.24, 2.45) is 5.73 Å². The SMILES string of the molecule is COC1CN(c2cccc(COC(=O)CC(=N)N)c2F)C1. The van der Waals surface area contributed by atoms with Crippen LogP contribution in [0.1, 0.15) is 12.0 Å². The van der Waals surface area contributed by atoms with Crippen LogP contribution in [0, 0.1) is 11.2 Å². The lowest BCUT2D eigenvalue weighted by Gasteiger charge is -2.40. The number of amidine groups is 1. The first-order chi connectivity index (χ1) is 10.0. The lowest BCUT2D eigenvalue weighted by atomic mass is 10.1. The summed E-state index contributed by atoms with van der Waals surface area (Å²) in [7, 11) is 1.63. The van der Waals surface area contributed by atoms with E-state index in [1.807, 2.05) is 4.90 Å². The summed E-state index contributed by atoms with van der Waals surface area (Å²) in [5.74, 6) is -1.32. The molecule has 3 N–H and O–H groups in total. The molecule has 1 aliphatic heterocycles. The Balaban J connectivity index is 1.98. The Hall–Kier alpha value is -2.15. The maximum absolute atomic E-state index is 14.3. The summed E-state index contributed by atoms with van der Waals surface area (Å²) in [5.41, 5.74) is 5.87. The third-order valence-corrected chi connectivity index (χ3v) is 3.30. The van der Waals surface area contributed by atoms with E-state index in [-0.39, 0.29) is 25.0 Å². The number of hydrogen-bond donors (Lipinski definition) is 2. The highest BCUT2D eigenvalue weighted by Crippen LogP contribution is 2.27. The first-order valence-electron chi connectivity index (χ1n) is 6.55. The number of carbonyl (C=O) groups excluding carboxylic acids is 1. The second kappa shape index (κ2) is 6.53. The second-order valence-corrected chi connectivity index (χ2v) is 4.88. The summed E-state index contributed by atoms with van der Waals surface area (Å²) >= 11 is 0. The van der Waals surface area contributed by atoms with Crippen LogP contribution >= 0.6 is 0 Å². The highest BCUT2D eigenvalue weighted by Gasteiger charge is 2.29. The van der Waals surface area contributed by atoms with E-state index in [9.17, 15) is 9.18 Å². The summed E-state index contributed by atoms with van der Waals surface area (Å²) in [6.45, 7) is 1.11. The molecule has 1 aromatic rings. The summed E-state index contributed by atoms with van der Waals surface area (Å²) in [6, 6.07) is 4.96. The molecule has 0 radical (unpaired) electrons. The molecule has 0 spiro atoms. The van der Waals surface area contributed by atoms with Crippen molar-refractivity contribution in [1.29, 1.82) is 5.41 Å². The van der Waals surface area contributed by atoms with Crippen molar-refractivity contribution in [3.8, 4) is 0 Å². The molecule has 0 aromatic heterocycles. The van der Waals surface area contributed by atoms with Gasteiger partial charge in [-0.2, -0.15) is 0 Å². The van der Waals surface area contributed by atoms with Crippen LogP contribution in [0.25, 0.3) is 0 Å². The summed E-state index contributed by atoms with van der Waals surface area (Å²) in [6.07, 6.45) is -0.162. The Morgan fingerprint density at radius 3 is 2.86 bits per heavy atom. The fraction of sp³-hybridized carbons (Fsp3) is 0.429. The first kappa shape index (κ1) is 15.2. The van der Waals surface area contributed by atoms with Gasteiger partial charge in [-0.25, -0.2) is 4.39 Å². The molecule has 6 nitrogen and oxygen atoms in total. The van der Waals surface area contributed by atoms with E-state index in [4.69, 9.17) is 20.6 Å². The van der Waals surface area contributed by atoms with Gasteiger partial charge in [-0.05, 0) is 6.07 Å². The smallest absolute Gasteiger partial charge is 0.313 e. The van der Waals surface area contributed by atoms with E-state index in [2.05, 4.69) is 0 Å². The number of nitrogens with one attached hydrogen (secondary N) is 1. The number of carbonyl (C=O) groups is 1.